The minimum absolute atomic E-state index is 0.0521. The number of thiophene rings is 1. The summed E-state index contributed by atoms with van der Waals surface area (Å²) in [7, 11) is -3.81. The number of carbonyl (C=O) groups is 2. The van der Waals surface area contributed by atoms with Crippen molar-refractivity contribution in [2.24, 2.45) is 11.1 Å². The van der Waals surface area contributed by atoms with Crippen molar-refractivity contribution in [1.82, 2.24) is 4.90 Å². The van der Waals surface area contributed by atoms with Crippen molar-refractivity contribution in [3.05, 3.63) is 17.0 Å². The number of sulfonamides is 1. The Morgan fingerprint density at radius 2 is 2.00 bits per heavy atom. The summed E-state index contributed by atoms with van der Waals surface area (Å²) in [5.41, 5.74) is -0.563. The molecule has 9 heteroatoms. The van der Waals surface area contributed by atoms with Crippen LogP contribution in [0.3, 0.4) is 0 Å². The second-order valence-corrected chi connectivity index (χ2v) is 9.31. The van der Waals surface area contributed by atoms with E-state index in [0.29, 0.717) is 17.8 Å². The molecular weight excluding hydrogens is 340 g/mol. The van der Waals surface area contributed by atoms with Gasteiger partial charge in [0, 0.05) is 13.1 Å². The molecule has 1 atom stereocenters. The number of nitrogens with zero attached hydrogens (tertiary/aromatic N) is 1. The highest BCUT2D eigenvalue weighted by molar-refractivity contribution is 7.91. The number of ether oxygens (including phenoxy) is 1. The first-order valence-corrected chi connectivity index (χ1v) is 9.48. The van der Waals surface area contributed by atoms with Crippen LogP contribution in [0.15, 0.2) is 16.3 Å². The van der Waals surface area contributed by atoms with Crippen molar-refractivity contribution in [1.29, 1.82) is 0 Å². The maximum absolute atomic E-state index is 12.4. The van der Waals surface area contributed by atoms with Crippen molar-refractivity contribution < 1.29 is 22.7 Å². The lowest BCUT2D eigenvalue weighted by Crippen LogP contribution is -2.32. The first-order valence-electron chi connectivity index (χ1n) is 7.12. The molecule has 1 saturated heterocycles. The maximum Gasteiger partial charge on any atom is 0.311 e. The molecule has 0 spiro atoms. The van der Waals surface area contributed by atoms with Crippen LogP contribution in [-0.4, -0.2) is 43.9 Å². The molecule has 1 aromatic rings. The summed E-state index contributed by atoms with van der Waals surface area (Å²) in [4.78, 5) is 26.3. The van der Waals surface area contributed by atoms with E-state index in [1.54, 1.807) is 20.8 Å². The highest BCUT2D eigenvalue weighted by Crippen LogP contribution is 2.26. The lowest BCUT2D eigenvalue weighted by molar-refractivity contribution is -0.159. The summed E-state index contributed by atoms with van der Waals surface area (Å²) in [6.45, 7) is 6.09. The van der Waals surface area contributed by atoms with E-state index in [1.165, 1.54) is 17.0 Å². The summed E-state index contributed by atoms with van der Waals surface area (Å²) in [6, 6.07) is 2.75. The molecule has 1 aliphatic heterocycles. The minimum atomic E-state index is -3.81. The Morgan fingerprint density at radius 1 is 1.35 bits per heavy atom. The predicted octanol–water partition coefficient (Wildman–Crippen LogP) is 1.20. The number of amides is 1. The SMILES string of the molecule is CC(C)(C)OC(=O)C1CCN(C(=O)c2ccc(S(N)(=O)=O)s2)C1. The number of carbonyl (C=O) groups excluding carboxylic acids is 2. The molecule has 2 rings (SSSR count). The van der Waals surface area contributed by atoms with Gasteiger partial charge in [-0.05, 0) is 39.3 Å². The molecule has 1 aromatic heterocycles. The van der Waals surface area contributed by atoms with E-state index >= 15 is 0 Å². The molecule has 2 N–H and O–H groups in total. The highest BCUT2D eigenvalue weighted by Gasteiger charge is 2.34. The van der Waals surface area contributed by atoms with E-state index < -0.39 is 15.6 Å². The normalized spacial score (nSPS) is 19.0. The Kier molecular flexibility index (Phi) is 4.84. The molecule has 2 heterocycles. The van der Waals surface area contributed by atoms with Gasteiger partial charge in [-0.25, -0.2) is 13.6 Å². The first-order chi connectivity index (χ1) is 10.5. The van der Waals surface area contributed by atoms with Gasteiger partial charge in [-0.15, -0.1) is 11.3 Å². The molecule has 0 bridgehead atoms. The fourth-order valence-electron chi connectivity index (χ4n) is 2.27. The summed E-state index contributed by atoms with van der Waals surface area (Å²) in [5, 5.41) is 5.04. The number of likely N-dealkylation sites (tertiary alicyclic amines) is 1. The van der Waals surface area contributed by atoms with Crippen LogP contribution in [0.2, 0.25) is 0 Å². The average Bonchev–Trinajstić information content (AvgIpc) is 3.05. The lowest BCUT2D eigenvalue weighted by Gasteiger charge is -2.22. The Balaban J connectivity index is 2.03. The van der Waals surface area contributed by atoms with Crippen LogP contribution in [0, 0.1) is 5.92 Å². The third-order valence-electron chi connectivity index (χ3n) is 3.29. The molecular formula is C14H20N2O5S2. The molecule has 1 aliphatic rings. The lowest BCUT2D eigenvalue weighted by atomic mass is 10.1. The number of hydrogen-bond acceptors (Lipinski definition) is 6. The minimum Gasteiger partial charge on any atom is -0.460 e. The zero-order chi connectivity index (χ0) is 17.4. The zero-order valence-electron chi connectivity index (χ0n) is 13.2. The monoisotopic (exact) mass is 360 g/mol. The van der Waals surface area contributed by atoms with E-state index in [0.717, 1.165) is 11.3 Å². The van der Waals surface area contributed by atoms with E-state index in [9.17, 15) is 18.0 Å². The van der Waals surface area contributed by atoms with Crippen LogP contribution in [-0.2, 0) is 19.6 Å². The number of rotatable bonds is 3. The molecule has 0 aromatic carbocycles. The van der Waals surface area contributed by atoms with E-state index in [-0.39, 0.29) is 28.5 Å². The first kappa shape index (κ1) is 17.9. The van der Waals surface area contributed by atoms with Gasteiger partial charge >= 0.3 is 5.97 Å². The molecule has 0 radical (unpaired) electrons. The van der Waals surface area contributed by atoms with Crippen molar-refractivity contribution in [3.8, 4) is 0 Å². The number of esters is 1. The van der Waals surface area contributed by atoms with Crippen molar-refractivity contribution in [2.45, 2.75) is 37.0 Å². The predicted molar refractivity (Wildman–Crippen MR) is 85.5 cm³/mol. The summed E-state index contributed by atoms with van der Waals surface area (Å²) < 4.78 is 27.8. The van der Waals surface area contributed by atoms with Crippen molar-refractivity contribution >= 4 is 33.2 Å². The van der Waals surface area contributed by atoms with Crippen LogP contribution < -0.4 is 5.14 Å². The van der Waals surface area contributed by atoms with E-state index in [4.69, 9.17) is 9.88 Å². The standard InChI is InChI=1S/C14H20N2O5S2/c1-14(2,3)21-13(18)9-6-7-16(8-9)12(17)10-4-5-11(22-10)23(15,19)20/h4-5,9H,6-8H2,1-3H3,(H2,15,19,20). The Hall–Kier alpha value is -1.45. The molecule has 0 saturated carbocycles. The number of primary sulfonamides is 1. The largest absolute Gasteiger partial charge is 0.460 e. The van der Waals surface area contributed by atoms with Crippen molar-refractivity contribution in [3.63, 3.8) is 0 Å². The van der Waals surface area contributed by atoms with Gasteiger partial charge in [0.05, 0.1) is 10.8 Å². The van der Waals surface area contributed by atoms with Gasteiger partial charge in [0.15, 0.2) is 0 Å². The topological polar surface area (TPSA) is 107 Å². The van der Waals surface area contributed by atoms with Gasteiger partial charge < -0.3 is 9.64 Å². The summed E-state index contributed by atoms with van der Waals surface area (Å²) in [6.07, 6.45) is 0.536. The summed E-state index contributed by atoms with van der Waals surface area (Å²) >= 11 is 0.834. The molecule has 7 nitrogen and oxygen atoms in total. The fraction of sp³-hybridized carbons (Fsp3) is 0.571. The third-order valence-corrected chi connectivity index (χ3v) is 5.80. The van der Waals surface area contributed by atoms with Crippen LogP contribution in [0.25, 0.3) is 0 Å². The second-order valence-electron chi connectivity index (χ2n) is 6.43. The number of hydrogen-bond donors (Lipinski definition) is 1. The third kappa shape index (κ3) is 4.52. The maximum atomic E-state index is 12.4. The summed E-state index contributed by atoms with van der Waals surface area (Å²) in [5.74, 6) is -0.962. The molecule has 1 unspecified atom stereocenters. The smallest absolute Gasteiger partial charge is 0.311 e. The van der Waals surface area contributed by atoms with Gasteiger partial charge in [-0.1, -0.05) is 0 Å². The Labute approximate surface area is 139 Å². The van der Waals surface area contributed by atoms with Crippen LogP contribution >= 0.6 is 11.3 Å². The Bertz CT molecular complexity index is 718. The van der Waals surface area contributed by atoms with Crippen LogP contribution in [0.5, 0.6) is 0 Å². The molecule has 128 valence electrons. The zero-order valence-corrected chi connectivity index (χ0v) is 14.9. The Morgan fingerprint density at radius 3 is 2.52 bits per heavy atom. The molecule has 23 heavy (non-hydrogen) atoms. The molecule has 1 fully saturated rings. The van der Waals surface area contributed by atoms with Gasteiger partial charge in [-0.3, -0.25) is 9.59 Å². The van der Waals surface area contributed by atoms with Gasteiger partial charge in [-0.2, -0.15) is 0 Å². The van der Waals surface area contributed by atoms with Gasteiger partial charge in [0.1, 0.15) is 9.81 Å². The van der Waals surface area contributed by atoms with E-state index in [2.05, 4.69) is 0 Å². The van der Waals surface area contributed by atoms with Crippen molar-refractivity contribution in [2.75, 3.05) is 13.1 Å². The number of nitrogens with two attached hydrogens (primary N) is 1. The molecule has 0 aliphatic carbocycles. The highest BCUT2D eigenvalue weighted by atomic mass is 32.2. The second kappa shape index (κ2) is 6.21. The molecule has 1 amide bonds. The van der Waals surface area contributed by atoms with Gasteiger partial charge in [0.25, 0.3) is 5.91 Å². The van der Waals surface area contributed by atoms with E-state index in [1.807, 2.05) is 0 Å². The quantitative estimate of drug-likeness (QED) is 0.815. The fourth-order valence-corrected chi connectivity index (χ4v) is 3.96. The van der Waals surface area contributed by atoms with Crippen LogP contribution in [0.1, 0.15) is 36.9 Å². The van der Waals surface area contributed by atoms with Crippen LogP contribution in [0.4, 0.5) is 0 Å². The average molecular weight is 360 g/mol. The van der Waals surface area contributed by atoms with Gasteiger partial charge in [0.2, 0.25) is 10.0 Å².